The second-order valence-electron chi connectivity index (χ2n) is 11.2. The molecule has 1 saturated carbocycles. The Kier molecular flexibility index (Phi) is 7.93. The minimum atomic E-state index is -5.08. The van der Waals surface area contributed by atoms with Gasteiger partial charge in [-0.25, -0.2) is 4.79 Å². The number of likely N-dealkylation sites (tertiary alicyclic amines) is 2. The van der Waals surface area contributed by atoms with E-state index in [0.717, 1.165) is 51.4 Å². The molecule has 0 radical (unpaired) electrons. The Balaban J connectivity index is 0.000000426. The summed E-state index contributed by atoms with van der Waals surface area (Å²) in [5.41, 5.74) is 6.49. The average Bonchev–Trinajstić information content (AvgIpc) is 3.46. The number of carboxylic acid groups (broad SMARTS) is 1. The molecule has 3 N–H and O–H groups in total. The SMILES string of the molecule is CC(=O)N1CCC(C(=O)N2C3CCC2CC([C@H](N)C(=O)N2[C@H](C#N)C[C@@H]4C[C@@H]42)C3)CC1.O=C(O)C(F)(F)F. The Morgan fingerprint density at radius 2 is 1.53 bits per heavy atom. The van der Waals surface area contributed by atoms with Crippen LogP contribution in [-0.4, -0.2) is 93.0 Å². The minimum absolute atomic E-state index is 0.00154. The van der Waals surface area contributed by atoms with Gasteiger partial charge in [-0.15, -0.1) is 0 Å². The zero-order chi connectivity index (χ0) is 27.9. The maximum absolute atomic E-state index is 13.3. The van der Waals surface area contributed by atoms with Crippen LogP contribution in [0.25, 0.3) is 0 Å². The van der Waals surface area contributed by atoms with Crippen LogP contribution >= 0.6 is 0 Å². The Hall–Kier alpha value is -2.88. The minimum Gasteiger partial charge on any atom is -0.475 e. The molecule has 38 heavy (non-hydrogen) atoms. The maximum Gasteiger partial charge on any atom is 0.490 e. The number of hydrogen-bond donors (Lipinski definition) is 2. The average molecular weight is 542 g/mol. The zero-order valence-corrected chi connectivity index (χ0v) is 21.3. The molecule has 3 amide bonds. The van der Waals surface area contributed by atoms with Crippen molar-refractivity contribution >= 4 is 23.7 Å². The van der Waals surface area contributed by atoms with Crippen molar-refractivity contribution in [1.82, 2.24) is 14.7 Å². The summed E-state index contributed by atoms with van der Waals surface area (Å²) < 4.78 is 31.7. The Bertz CT molecular complexity index is 994. The van der Waals surface area contributed by atoms with Crippen molar-refractivity contribution in [3.8, 4) is 6.07 Å². The van der Waals surface area contributed by atoms with E-state index < -0.39 is 18.2 Å². The van der Waals surface area contributed by atoms with Crippen molar-refractivity contribution in [1.29, 1.82) is 5.26 Å². The van der Waals surface area contributed by atoms with E-state index in [9.17, 15) is 32.8 Å². The Morgan fingerprint density at radius 1 is 0.974 bits per heavy atom. The Morgan fingerprint density at radius 3 is 2.00 bits per heavy atom. The number of alkyl halides is 3. The molecule has 10 nitrogen and oxygen atoms in total. The molecule has 13 heteroatoms. The summed E-state index contributed by atoms with van der Waals surface area (Å²) in [5.74, 6) is -1.93. The lowest BCUT2D eigenvalue weighted by Crippen LogP contribution is -2.56. The number of nitrogens with zero attached hydrogens (tertiary/aromatic N) is 4. The fraction of sp³-hybridized carbons (Fsp3) is 0.800. The number of halogens is 3. The van der Waals surface area contributed by atoms with Crippen LogP contribution in [0.3, 0.4) is 0 Å². The lowest BCUT2D eigenvalue weighted by Gasteiger charge is -2.43. The number of amides is 3. The number of nitriles is 1. The molecule has 5 rings (SSSR count). The fourth-order valence-electron chi connectivity index (χ4n) is 6.79. The van der Waals surface area contributed by atoms with E-state index in [0.29, 0.717) is 19.0 Å². The molecular formula is C25H34F3N5O5. The maximum atomic E-state index is 13.3. The fourth-order valence-corrected chi connectivity index (χ4v) is 6.79. The standard InChI is InChI=1S/C23H33N5O3.C2HF3O2/c1-13(29)26-6-4-14(5-7-26)22(30)27-17-2-3-18(27)10-16(9-17)21(25)23(31)28-19(12-24)8-15-11-20(15)28;3-2(4,5)1(6)7/h14-21H,2-11,25H2,1H3;(H,6,7)/t15-,16?,17?,18?,19+,20+,21+;/m1./s1. The van der Waals surface area contributed by atoms with Gasteiger partial charge < -0.3 is 25.5 Å². The summed E-state index contributed by atoms with van der Waals surface area (Å²) in [5, 5.41) is 16.6. The molecule has 6 atom stereocenters. The number of carbonyl (C=O) groups excluding carboxylic acids is 3. The van der Waals surface area contributed by atoms with Gasteiger partial charge in [0.2, 0.25) is 17.7 Å². The van der Waals surface area contributed by atoms with Gasteiger partial charge in [-0.05, 0) is 63.2 Å². The predicted molar refractivity (Wildman–Crippen MR) is 126 cm³/mol. The Labute approximate surface area is 218 Å². The van der Waals surface area contributed by atoms with Gasteiger partial charge in [-0.2, -0.15) is 18.4 Å². The van der Waals surface area contributed by atoms with E-state index in [4.69, 9.17) is 15.6 Å². The van der Waals surface area contributed by atoms with Gasteiger partial charge in [0, 0.05) is 44.1 Å². The van der Waals surface area contributed by atoms with Gasteiger partial charge in [-0.1, -0.05) is 0 Å². The van der Waals surface area contributed by atoms with E-state index in [-0.39, 0.29) is 53.7 Å². The van der Waals surface area contributed by atoms with Crippen molar-refractivity contribution in [3.05, 3.63) is 0 Å². The van der Waals surface area contributed by atoms with Crippen LogP contribution in [0.4, 0.5) is 13.2 Å². The first-order chi connectivity index (χ1) is 17.8. The highest BCUT2D eigenvalue weighted by atomic mass is 19.4. The van der Waals surface area contributed by atoms with Gasteiger partial charge in [0.15, 0.2) is 0 Å². The molecule has 2 unspecified atom stereocenters. The number of rotatable bonds is 3. The van der Waals surface area contributed by atoms with Crippen molar-refractivity contribution in [2.45, 2.75) is 94.7 Å². The number of fused-ring (bicyclic) bond motifs is 3. The molecule has 0 aromatic heterocycles. The smallest absolute Gasteiger partial charge is 0.475 e. The molecule has 2 bridgehead atoms. The third kappa shape index (κ3) is 5.60. The van der Waals surface area contributed by atoms with Gasteiger partial charge >= 0.3 is 12.1 Å². The quantitative estimate of drug-likeness (QED) is 0.550. The third-order valence-corrected chi connectivity index (χ3v) is 8.86. The van der Waals surface area contributed by atoms with Crippen LogP contribution in [0, 0.1) is 29.1 Å². The summed E-state index contributed by atoms with van der Waals surface area (Å²) in [7, 11) is 0. The van der Waals surface area contributed by atoms with E-state index >= 15 is 0 Å². The molecule has 5 aliphatic rings. The summed E-state index contributed by atoms with van der Waals surface area (Å²) in [6.45, 7) is 2.91. The van der Waals surface area contributed by atoms with E-state index in [1.807, 2.05) is 4.90 Å². The molecule has 0 aromatic carbocycles. The van der Waals surface area contributed by atoms with Crippen molar-refractivity contribution in [2.24, 2.45) is 23.5 Å². The van der Waals surface area contributed by atoms with Crippen LogP contribution in [-0.2, 0) is 19.2 Å². The monoisotopic (exact) mass is 541 g/mol. The van der Waals surface area contributed by atoms with Gasteiger partial charge in [0.1, 0.15) is 6.04 Å². The molecule has 1 aliphatic carbocycles. The number of nitrogens with two attached hydrogens (primary N) is 1. The van der Waals surface area contributed by atoms with Crippen LogP contribution in [0.15, 0.2) is 0 Å². The van der Waals surface area contributed by atoms with Crippen LogP contribution in [0.1, 0.15) is 58.3 Å². The summed E-state index contributed by atoms with van der Waals surface area (Å²) >= 11 is 0. The number of carbonyl (C=O) groups is 4. The summed E-state index contributed by atoms with van der Waals surface area (Å²) in [6.07, 6.45) is 1.72. The van der Waals surface area contributed by atoms with Crippen LogP contribution in [0.2, 0.25) is 0 Å². The van der Waals surface area contributed by atoms with Crippen molar-refractivity contribution in [2.75, 3.05) is 13.1 Å². The number of aliphatic carboxylic acids is 1. The van der Waals surface area contributed by atoms with Gasteiger partial charge in [0.25, 0.3) is 0 Å². The molecule has 0 spiro atoms. The highest BCUT2D eigenvalue weighted by Gasteiger charge is 2.56. The number of carboxylic acids is 1. The van der Waals surface area contributed by atoms with Crippen molar-refractivity contribution in [3.63, 3.8) is 0 Å². The zero-order valence-electron chi connectivity index (χ0n) is 21.3. The number of hydrogen-bond acceptors (Lipinski definition) is 6. The summed E-state index contributed by atoms with van der Waals surface area (Å²) in [6, 6.07) is 1.95. The highest BCUT2D eigenvalue weighted by molar-refractivity contribution is 5.84. The van der Waals surface area contributed by atoms with Crippen LogP contribution in [0.5, 0.6) is 0 Å². The van der Waals surface area contributed by atoms with Crippen molar-refractivity contribution < 1.29 is 37.5 Å². The predicted octanol–water partition coefficient (Wildman–Crippen LogP) is 1.49. The van der Waals surface area contributed by atoms with E-state index in [1.165, 1.54) is 0 Å². The van der Waals surface area contributed by atoms with Gasteiger partial charge in [0.05, 0.1) is 12.1 Å². The first kappa shape index (κ1) is 28.1. The van der Waals surface area contributed by atoms with Gasteiger partial charge in [-0.3, -0.25) is 14.4 Å². The first-order valence-corrected chi connectivity index (χ1v) is 13.2. The number of piperidine rings is 3. The van der Waals surface area contributed by atoms with E-state index in [1.54, 1.807) is 11.8 Å². The molecule has 210 valence electrons. The summed E-state index contributed by atoms with van der Waals surface area (Å²) in [4.78, 5) is 52.7. The second-order valence-corrected chi connectivity index (χ2v) is 11.2. The lowest BCUT2D eigenvalue weighted by atomic mass is 9.83. The highest BCUT2D eigenvalue weighted by Crippen LogP contribution is 2.48. The third-order valence-electron chi connectivity index (χ3n) is 8.86. The first-order valence-electron chi connectivity index (χ1n) is 13.2. The normalized spacial score (nSPS) is 33.0. The molecule has 0 aromatic rings. The lowest BCUT2D eigenvalue weighted by molar-refractivity contribution is -0.192. The van der Waals surface area contributed by atoms with Crippen LogP contribution < -0.4 is 5.73 Å². The molecule has 4 heterocycles. The second kappa shape index (κ2) is 10.7. The molecular weight excluding hydrogens is 507 g/mol. The molecule has 5 fully saturated rings. The van der Waals surface area contributed by atoms with E-state index in [2.05, 4.69) is 11.0 Å². The molecule has 4 saturated heterocycles. The largest absolute Gasteiger partial charge is 0.490 e. The topological polar surface area (TPSA) is 148 Å². The molecule has 4 aliphatic heterocycles.